The number of hydrogen-bond acceptors (Lipinski definition) is 3. The summed E-state index contributed by atoms with van der Waals surface area (Å²) >= 11 is 5.32. The third kappa shape index (κ3) is 7.72. The summed E-state index contributed by atoms with van der Waals surface area (Å²) in [5.41, 5.74) is 0. The Labute approximate surface area is 91.6 Å². The largest absolute Gasteiger partial charge is 0.632 e. The maximum Gasteiger partial charge on any atom is 0.379 e. The molecule has 7 nitrogen and oxygen atoms in total. The number of hydroxylamine groups is 3. The van der Waals surface area contributed by atoms with Crippen molar-refractivity contribution in [3.63, 3.8) is 0 Å². The highest BCUT2D eigenvalue weighted by Crippen LogP contribution is 2.37. The number of carboxylic acid groups (broad SMARTS) is 1. The highest BCUT2D eigenvalue weighted by Gasteiger charge is 2.30. The Morgan fingerprint density at radius 1 is 1.47 bits per heavy atom. The Bertz CT molecular complexity index is 268. The van der Waals surface area contributed by atoms with Crippen LogP contribution in [0.3, 0.4) is 0 Å². The van der Waals surface area contributed by atoms with E-state index in [9.17, 15) is 14.6 Å². The van der Waals surface area contributed by atoms with Crippen molar-refractivity contribution >= 4 is 25.2 Å². The fourth-order valence-corrected chi connectivity index (χ4v) is 2.16. The number of alkyl halides is 1. The first kappa shape index (κ1) is 14.8. The van der Waals surface area contributed by atoms with E-state index in [0.717, 1.165) is 0 Å². The molecule has 0 aliphatic rings. The minimum Gasteiger partial charge on any atom is -0.632 e. The third-order valence-electron chi connectivity index (χ3n) is 1.56. The molecule has 1 atom stereocenters. The molecular formula is C6H13ClNO6P. The maximum atomic E-state index is 11.7. The molecule has 0 fully saturated rings. The van der Waals surface area contributed by atoms with E-state index in [2.05, 4.69) is 0 Å². The average molecular weight is 262 g/mol. The number of nitrogens with zero attached hydrogens (tertiary/aromatic N) is 1. The lowest BCUT2D eigenvalue weighted by Crippen LogP contribution is -2.47. The molecule has 0 aromatic heterocycles. The van der Waals surface area contributed by atoms with Crippen molar-refractivity contribution in [1.82, 2.24) is 0 Å². The average Bonchev–Trinajstić information content (AvgIpc) is 1.95. The molecule has 0 saturated heterocycles. The Morgan fingerprint density at radius 3 is 2.33 bits per heavy atom. The van der Waals surface area contributed by atoms with Gasteiger partial charge in [0.15, 0.2) is 12.8 Å². The monoisotopic (exact) mass is 261 g/mol. The van der Waals surface area contributed by atoms with Crippen molar-refractivity contribution in [1.29, 1.82) is 0 Å². The SMILES string of the molecule is O=C(O)C[N+]([O-])(CCCCl)CP(=O)(O)O. The first-order valence-electron chi connectivity index (χ1n) is 4.08. The topological polar surface area (TPSA) is 118 Å². The van der Waals surface area contributed by atoms with Gasteiger partial charge in [-0.2, -0.15) is 0 Å². The van der Waals surface area contributed by atoms with Gasteiger partial charge in [-0.25, -0.2) is 4.79 Å². The summed E-state index contributed by atoms with van der Waals surface area (Å²) in [6.07, 6.45) is -0.825. The van der Waals surface area contributed by atoms with Gasteiger partial charge in [0.1, 0.15) is 0 Å². The zero-order valence-corrected chi connectivity index (χ0v) is 9.52. The van der Waals surface area contributed by atoms with Crippen LogP contribution >= 0.6 is 19.2 Å². The predicted octanol–water partition coefficient (Wildman–Crippen LogP) is 0.150. The molecule has 0 spiro atoms. The molecule has 0 bridgehead atoms. The highest BCUT2D eigenvalue weighted by molar-refractivity contribution is 7.51. The molecule has 1 unspecified atom stereocenters. The molecule has 0 rings (SSSR count). The molecule has 0 radical (unpaired) electrons. The molecule has 0 amide bonds. The molecule has 0 aromatic rings. The summed E-state index contributed by atoms with van der Waals surface area (Å²) in [5, 5.41) is 20.1. The van der Waals surface area contributed by atoms with E-state index in [-0.39, 0.29) is 18.8 Å². The fourth-order valence-electron chi connectivity index (χ4n) is 1.13. The van der Waals surface area contributed by atoms with Crippen LogP contribution in [0.4, 0.5) is 0 Å². The van der Waals surface area contributed by atoms with Gasteiger partial charge in [-0.05, 0) is 0 Å². The normalized spacial score (nSPS) is 16.0. The third-order valence-corrected chi connectivity index (χ3v) is 2.72. The second-order valence-corrected chi connectivity index (χ2v) is 5.17. The molecule has 0 aliphatic carbocycles. The molecule has 9 heteroatoms. The van der Waals surface area contributed by atoms with Gasteiger partial charge in [-0.1, -0.05) is 0 Å². The summed E-state index contributed by atoms with van der Waals surface area (Å²) < 4.78 is 9.19. The van der Waals surface area contributed by atoms with Crippen LogP contribution < -0.4 is 0 Å². The smallest absolute Gasteiger partial charge is 0.379 e. The summed E-state index contributed by atoms with van der Waals surface area (Å²) in [5.74, 6) is -1.25. The highest BCUT2D eigenvalue weighted by atomic mass is 35.5. The van der Waals surface area contributed by atoms with Crippen LogP contribution in [0.25, 0.3) is 0 Å². The number of quaternary nitrogens is 1. The van der Waals surface area contributed by atoms with Gasteiger partial charge >= 0.3 is 13.6 Å². The summed E-state index contributed by atoms with van der Waals surface area (Å²) in [6, 6.07) is 0. The zero-order chi connectivity index (χ0) is 12.1. The second-order valence-electron chi connectivity index (χ2n) is 3.18. The molecule has 0 aromatic carbocycles. The van der Waals surface area contributed by atoms with E-state index in [1.54, 1.807) is 0 Å². The van der Waals surface area contributed by atoms with E-state index >= 15 is 0 Å². The lowest BCUT2D eigenvalue weighted by Gasteiger charge is -2.40. The summed E-state index contributed by atoms with van der Waals surface area (Å²) in [7, 11) is -4.53. The van der Waals surface area contributed by atoms with Gasteiger partial charge in [0.05, 0.1) is 6.54 Å². The maximum absolute atomic E-state index is 11.7. The van der Waals surface area contributed by atoms with Crippen LogP contribution in [0.15, 0.2) is 0 Å². The first-order valence-corrected chi connectivity index (χ1v) is 6.41. The fraction of sp³-hybridized carbons (Fsp3) is 0.833. The van der Waals surface area contributed by atoms with Crippen molar-refractivity contribution in [2.75, 3.05) is 25.3 Å². The number of hydrogen-bond donors (Lipinski definition) is 3. The predicted molar refractivity (Wildman–Crippen MR) is 53.2 cm³/mol. The van der Waals surface area contributed by atoms with Gasteiger partial charge in [-0.3, -0.25) is 4.57 Å². The van der Waals surface area contributed by atoms with Crippen molar-refractivity contribution in [3.8, 4) is 0 Å². The Balaban J connectivity index is 4.54. The minimum absolute atomic E-state index is 0.142. The van der Waals surface area contributed by atoms with E-state index in [0.29, 0.717) is 0 Å². The van der Waals surface area contributed by atoms with Gasteiger partial charge in [-0.15, -0.1) is 11.6 Å². The standard InChI is InChI=1S/C6H13ClNO6P/c7-2-1-3-8(11,4-6(9)10)5-15(12,13)14/h1-5H2,(H,9,10)(H2,12,13,14). The molecule has 3 N–H and O–H groups in total. The van der Waals surface area contributed by atoms with Crippen molar-refractivity contribution in [3.05, 3.63) is 5.21 Å². The molecule has 0 heterocycles. The molecule has 15 heavy (non-hydrogen) atoms. The molecule has 0 aliphatic heterocycles. The Kier molecular flexibility index (Phi) is 5.72. The van der Waals surface area contributed by atoms with E-state index < -0.39 is 31.0 Å². The van der Waals surface area contributed by atoms with Crippen LogP contribution in [0.2, 0.25) is 0 Å². The number of rotatable bonds is 7. The number of carboxylic acids is 1. The number of halogens is 1. The Morgan fingerprint density at radius 2 is 2.00 bits per heavy atom. The van der Waals surface area contributed by atoms with E-state index in [1.165, 1.54) is 0 Å². The molecule has 90 valence electrons. The number of carbonyl (C=O) groups is 1. The zero-order valence-electron chi connectivity index (χ0n) is 7.87. The molecule has 0 saturated carbocycles. The van der Waals surface area contributed by atoms with Crippen molar-refractivity contribution in [2.24, 2.45) is 0 Å². The Hall–Kier alpha value is -0.170. The second kappa shape index (κ2) is 5.79. The van der Waals surface area contributed by atoms with Crippen LogP contribution in [0.1, 0.15) is 6.42 Å². The lowest BCUT2D eigenvalue weighted by atomic mass is 10.4. The number of aliphatic carboxylic acids is 1. The lowest BCUT2D eigenvalue weighted by molar-refractivity contribution is -0.862. The van der Waals surface area contributed by atoms with Crippen LogP contribution in [-0.2, 0) is 9.36 Å². The first-order chi connectivity index (χ1) is 6.68. The van der Waals surface area contributed by atoms with E-state index in [4.69, 9.17) is 26.5 Å². The van der Waals surface area contributed by atoms with Gasteiger partial charge in [0.25, 0.3) is 0 Å². The summed E-state index contributed by atoms with van der Waals surface area (Å²) in [6.45, 7) is -1.09. The quantitative estimate of drug-likeness (QED) is 0.260. The van der Waals surface area contributed by atoms with Gasteiger partial charge in [0, 0.05) is 12.3 Å². The van der Waals surface area contributed by atoms with Crippen molar-refractivity contribution in [2.45, 2.75) is 6.42 Å². The van der Waals surface area contributed by atoms with Crippen molar-refractivity contribution < 1.29 is 28.9 Å². The van der Waals surface area contributed by atoms with E-state index in [1.807, 2.05) is 0 Å². The van der Waals surface area contributed by atoms with Crippen LogP contribution in [0.5, 0.6) is 0 Å². The minimum atomic E-state index is -4.53. The van der Waals surface area contributed by atoms with Gasteiger partial charge in [0.2, 0.25) is 0 Å². The van der Waals surface area contributed by atoms with Crippen LogP contribution in [-0.4, -0.2) is 50.8 Å². The van der Waals surface area contributed by atoms with Crippen LogP contribution in [0, 0.1) is 5.21 Å². The molecular weight excluding hydrogens is 248 g/mol. The summed E-state index contributed by atoms with van der Waals surface area (Å²) in [4.78, 5) is 27.6. The van der Waals surface area contributed by atoms with Gasteiger partial charge < -0.3 is 24.7 Å².